The molecule has 2 aliphatic rings. The molecular weight excluding hydrogens is 220 g/mol. The molecule has 4 heteroatoms. The second-order valence-corrected chi connectivity index (χ2v) is 6.22. The standard InChI is InChI=1S/C12H18N2OS/c13-7-12(6-8-1-2-9(12)5-8)10(15)11-14-3-4-16-11/h3-4,8-10,15H,1-2,5-7,13H2. The number of aliphatic hydroxyl groups is 1. The first-order valence-electron chi connectivity index (χ1n) is 6.04. The van der Waals surface area contributed by atoms with Crippen molar-refractivity contribution in [3.63, 3.8) is 0 Å². The first kappa shape index (κ1) is 10.7. The molecule has 3 rings (SSSR count). The molecule has 0 spiro atoms. The zero-order valence-electron chi connectivity index (χ0n) is 9.30. The van der Waals surface area contributed by atoms with E-state index >= 15 is 0 Å². The molecule has 2 aliphatic carbocycles. The van der Waals surface area contributed by atoms with Crippen molar-refractivity contribution in [1.29, 1.82) is 0 Å². The Morgan fingerprint density at radius 2 is 2.50 bits per heavy atom. The van der Waals surface area contributed by atoms with Crippen LogP contribution in [0.15, 0.2) is 11.6 Å². The number of aliphatic hydroxyl groups excluding tert-OH is 1. The second kappa shape index (κ2) is 3.79. The first-order chi connectivity index (χ1) is 7.76. The number of thiazole rings is 1. The molecule has 0 aromatic carbocycles. The Labute approximate surface area is 99.7 Å². The fourth-order valence-electron chi connectivity index (χ4n) is 3.80. The highest BCUT2D eigenvalue weighted by atomic mass is 32.1. The summed E-state index contributed by atoms with van der Waals surface area (Å²) in [6, 6.07) is 0. The molecule has 0 saturated heterocycles. The molecule has 88 valence electrons. The molecule has 1 heterocycles. The number of hydrogen-bond donors (Lipinski definition) is 2. The zero-order chi connectivity index (χ0) is 11.2. The van der Waals surface area contributed by atoms with Gasteiger partial charge < -0.3 is 10.8 Å². The molecule has 3 nitrogen and oxygen atoms in total. The van der Waals surface area contributed by atoms with Gasteiger partial charge in [0.25, 0.3) is 0 Å². The topological polar surface area (TPSA) is 59.1 Å². The van der Waals surface area contributed by atoms with Gasteiger partial charge in [-0.05, 0) is 31.1 Å². The van der Waals surface area contributed by atoms with Crippen molar-refractivity contribution in [1.82, 2.24) is 4.98 Å². The molecule has 2 bridgehead atoms. The normalized spacial score (nSPS) is 39.1. The van der Waals surface area contributed by atoms with Crippen molar-refractivity contribution < 1.29 is 5.11 Å². The Morgan fingerprint density at radius 3 is 3.00 bits per heavy atom. The Balaban J connectivity index is 1.91. The minimum Gasteiger partial charge on any atom is -0.385 e. The average molecular weight is 238 g/mol. The van der Waals surface area contributed by atoms with Gasteiger partial charge in [-0.2, -0.15) is 0 Å². The zero-order valence-corrected chi connectivity index (χ0v) is 10.1. The van der Waals surface area contributed by atoms with Gasteiger partial charge in [-0.1, -0.05) is 6.42 Å². The van der Waals surface area contributed by atoms with E-state index in [1.807, 2.05) is 5.38 Å². The smallest absolute Gasteiger partial charge is 0.122 e. The van der Waals surface area contributed by atoms with E-state index in [-0.39, 0.29) is 5.41 Å². The van der Waals surface area contributed by atoms with Gasteiger partial charge in [0, 0.05) is 23.5 Å². The van der Waals surface area contributed by atoms with E-state index in [1.54, 1.807) is 17.5 Å². The fourth-order valence-corrected chi connectivity index (χ4v) is 4.55. The van der Waals surface area contributed by atoms with Crippen molar-refractivity contribution in [3.05, 3.63) is 16.6 Å². The van der Waals surface area contributed by atoms with Gasteiger partial charge in [0.2, 0.25) is 0 Å². The van der Waals surface area contributed by atoms with E-state index in [4.69, 9.17) is 5.73 Å². The van der Waals surface area contributed by atoms with Gasteiger partial charge in [0.15, 0.2) is 0 Å². The molecule has 3 N–H and O–H groups in total. The molecule has 4 atom stereocenters. The summed E-state index contributed by atoms with van der Waals surface area (Å²) in [5.74, 6) is 1.41. The van der Waals surface area contributed by atoms with Crippen LogP contribution in [0.5, 0.6) is 0 Å². The Morgan fingerprint density at radius 1 is 1.62 bits per heavy atom. The van der Waals surface area contributed by atoms with Crippen LogP contribution in [0.2, 0.25) is 0 Å². The third-order valence-electron chi connectivity index (χ3n) is 4.63. The molecule has 0 amide bonds. The first-order valence-corrected chi connectivity index (χ1v) is 6.92. The fraction of sp³-hybridized carbons (Fsp3) is 0.750. The van der Waals surface area contributed by atoms with Crippen LogP contribution in [0.25, 0.3) is 0 Å². The van der Waals surface area contributed by atoms with E-state index in [0.717, 1.165) is 17.3 Å². The van der Waals surface area contributed by atoms with Crippen molar-refractivity contribution in [2.45, 2.75) is 31.8 Å². The summed E-state index contributed by atoms with van der Waals surface area (Å²) in [6.07, 6.45) is 6.24. The van der Waals surface area contributed by atoms with Crippen molar-refractivity contribution in [3.8, 4) is 0 Å². The summed E-state index contributed by atoms with van der Waals surface area (Å²) in [5, 5.41) is 13.3. The summed E-state index contributed by atoms with van der Waals surface area (Å²) in [7, 11) is 0. The molecule has 0 aliphatic heterocycles. The Hall–Kier alpha value is -0.450. The highest BCUT2D eigenvalue weighted by Crippen LogP contribution is 2.60. The summed E-state index contributed by atoms with van der Waals surface area (Å²) >= 11 is 1.54. The molecule has 1 aromatic heterocycles. The molecule has 2 fully saturated rings. The lowest BCUT2D eigenvalue weighted by Crippen LogP contribution is -2.41. The Bertz CT molecular complexity index is 367. The molecule has 1 aromatic rings. The van der Waals surface area contributed by atoms with Gasteiger partial charge in [0.05, 0.1) is 0 Å². The quantitative estimate of drug-likeness (QED) is 0.846. The maximum Gasteiger partial charge on any atom is 0.122 e. The highest BCUT2D eigenvalue weighted by molar-refractivity contribution is 7.09. The van der Waals surface area contributed by atoms with E-state index in [0.29, 0.717) is 12.5 Å². The number of aromatic nitrogens is 1. The second-order valence-electron chi connectivity index (χ2n) is 5.29. The number of nitrogens with zero attached hydrogens (tertiary/aromatic N) is 1. The molecule has 0 radical (unpaired) electrons. The van der Waals surface area contributed by atoms with Gasteiger partial charge in [-0.25, -0.2) is 4.98 Å². The largest absolute Gasteiger partial charge is 0.385 e. The van der Waals surface area contributed by atoms with E-state index in [1.165, 1.54) is 19.3 Å². The lowest BCUT2D eigenvalue weighted by molar-refractivity contribution is -0.0131. The third kappa shape index (κ3) is 1.36. The van der Waals surface area contributed by atoms with Gasteiger partial charge in [0.1, 0.15) is 11.1 Å². The molecule has 16 heavy (non-hydrogen) atoms. The predicted octanol–water partition coefficient (Wildman–Crippen LogP) is 1.94. The van der Waals surface area contributed by atoms with Crippen LogP contribution in [-0.2, 0) is 0 Å². The van der Waals surface area contributed by atoms with Crippen LogP contribution in [0.4, 0.5) is 0 Å². The maximum atomic E-state index is 10.5. The summed E-state index contributed by atoms with van der Waals surface area (Å²) in [6.45, 7) is 0.592. The van der Waals surface area contributed by atoms with Crippen LogP contribution >= 0.6 is 11.3 Å². The van der Waals surface area contributed by atoms with Crippen LogP contribution in [-0.4, -0.2) is 16.6 Å². The van der Waals surface area contributed by atoms with E-state index in [9.17, 15) is 5.11 Å². The SMILES string of the molecule is NCC1(C(O)c2nccs2)CC2CCC1C2. The van der Waals surface area contributed by atoms with E-state index in [2.05, 4.69) is 4.98 Å². The average Bonchev–Trinajstić information content (AvgIpc) is 3.03. The summed E-state index contributed by atoms with van der Waals surface area (Å²) in [4.78, 5) is 4.25. The van der Waals surface area contributed by atoms with Crippen molar-refractivity contribution in [2.24, 2.45) is 23.0 Å². The molecular formula is C12H18N2OS. The van der Waals surface area contributed by atoms with E-state index < -0.39 is 6.10 Å². The van der Waals surface area contributed by atoms with Crippen LogP contribution in [0, 0.1) is 17.3 Å². The minimum absolute atomic E-state index is 0.0826. The minimum atomic E-state index is -0.451. The number of rotatable bonds is 3. The summed E-state index contributed by atoms with van der Waals surface area (Å²) < 4.78 is 0. The van der Waals surface area contributed by atoms with Crippen LogP contribution in [0.1, 0.15) is 36.8 Å². The summed E-state index contributed by atoms with van der Waals surface area (Å²) in [5.41, 5.74) is 5.90. The number of fused-ring (bicyclic) bond motifs is 2. The maximum absolute atomic E-state index is 10.5. The lowest BCUT2D eigenvalue weighted by Gasteiger charge is -2.39. The lowest BCUT2D eigenvalue weighted by atomic mass is 9.69. The van der Waals surface area contributed by atoms with Crippen molar-refractivity contribution in [2.75, 3.05) is 6.54 Å². The van der Waals surface area contributed by atoms with Gasteiger partial charge in [-0.15, -0.1) is 11.3 Å². The predicted molar refractivity (Wildman–Crippen MR) is 64.0 cm³/mol. The van der Waals surface area contributed by atoms with Crippen LogP contribution in [0.3, 0.4) is 0 Å². The molecule has 4 unspecified atom stereocenters. The van der Waals surface area contributed by atoms with Gasteiger partial charge >= 0.3 is 0 Å². The monoisotopic (exact) mass is 238 g/mol. The van der Waals surface area contributed by atoms with Crippen LogP contribution < -0.4 is 5.73 Å². The third-order valence-corrected chi connectivity index (χ3v) is 5.46. The number of hydrogen-bond acceptors (Lipinski definition) is 4. The molecule has 2 saturated carbocycles. The highest BCUT2D eigenvalue weighted by Gasteiger charge is 2.54. The number of nitrogens with two attached hydrogens (primary N) is 1. The Kier molecular flexibility index (Phi) is 2.53. The van der Waals surface area contributed by atoms with Gasteiger partial charge in [-0.3, -0.25) is 0 Å². The van der Waals surface area contributed by atoms with Crippen molar-refractivity contribution >= 4 is 11.3 Å².